The van der Waals surface area contributed by atoms with Gasteiger partial charge in [-0.1, -0.05) is 36.4 Å². The monoisotopic (exact) mass is 497 g/mol. The number of hydrogen-bond acceptors (Lipinski definition) is 5. The highest BCUT2D eigenvalue weighted by Gasteiger charge is 2.66. The average Bonchev–Trinajstić information content (AvgIpc) is 3.55. The summed E-state index contributed by atoms with van der Waals surface area (Å²) in [6, 6.07) is 16.5. The number of amides is 1. The summed E-state index contributed by atoms with van der Waals surface area (Å²) in [5.41, 5.74) is 1.38. The number of rotatable bonds is 3. The molecular weight excluding hydrogens is 482 g/mol. The van der Waals surface area contributed by atoms with Crippen molar-refractivity contribution in [2.24, 2.45) is 0 Å². The van der Waals surface area contributed by atoms with Gasteiger partial charge in [0.1, 0.15) is 11.4 Å². The molecular formula is C25H15F4N3O4. The molecule has 36 heavy (non-hydrogen) atoms. The second-order valence-corrected chi connectivity index (χ2v) is 8.10. The van der Waals surface area contributed by atoms with Crippen molar-refractivity contribution < 1.29 is 36.6 Å². The molecule has 3 aromatic carbocycles. The summed E-state index contributed by atoms with van der Waals surface area (Å²) >= 11 is 0. The molecule has 182 valence electrons. The summed E-state index contributed by atoms with van der Waals surface area (Å²) in [5, 5.41) is 6.83. The molecule has 1 aromatic heterocycles. The first kappa shape index (κ1) is 22.0. The lowest BCUT2D eigenvalue weighted by Gasteiger charge is -2.16. The van der Waals surface area contributed by atoms with Crippen LogP contribution in [0.25, 0.3) is 22.4 Å². The average molecular weight is 497 g/mol. The Labute approximate surface area is 200 Å². The first-order chi connectivity index (χ1) is 17.2. The van der Waals surface area contributed by atoms with Crippen molar-refractivity contribution in [3.63, 3.8) is 0 Å². The molecule has 3 heterocycles. The Kier molecular flexibility index (Phi) is 4.72. The number of benzene rings is 3. The van der Waals surface area contributed by atoms with E-state index in [1.807, 2.05) is 30.3 Å². The van der Waals surface area contributed by atoms with Gasteiger partial charge in [-0.15, -0.1) is 0 Å². The zero-order valence-electron chi connectivity index (χ0n) is 18.2. The fraction of sp³-hybridized carbons (Fsp3) is 0.120. The molecule has 0 fully saturated rings. The van der Waals surface area contributed by atoms with Crippen molar-refractivity contribution in [1.82, 2.24) is 9.78 Å². The summed E-state index contributed by atoms with van der Waals surface area (Å²) in [5.74, 6) is -4.06. The van der Waals surface area contributed by atoms with Crippen LogP contribution in [0.15, 0.2) is 72.9 Å². The van der Waals surface area contributed by atoms with E-state index in [0.717, 1.165) is 22.4 Å². The highest BCUT2D eigenvalue weighted by Crippen LogP contribution is 2.53. The molecule has 0 unspecified atom stereocenters. The predicted octanol–water partition coefficient (Wildman–Crippen LogP) is 6.10. The molecule has 0 radical (unpaired) electrons. The van der Waals surface area contributed by atoms with E-state index in [4.69, 9.17) is 9.47 Å². The van der Waals surface area contributed by atoms with E-state index < -0.39 is 29.4 Å². The van der Waals surface area contributed by atoms with Crippen molar-refractivity contribution in [3.8, 4) is 39.6 Å². The number of halogens is 4. The van der Waals surface area contributed by atoms with Crippen LogP contribution in [0.4, 0.5) is 28.0 Å². The first-order valence-electron chi connectivity index (χ1n) is 10.7. The van der Waals surface area contributed by atoms with Crippen LogP contribution in [0.1, 0.15) is 5.56 Å². The van der Waals surface area contributed by atoms with Gasteiger partial charge < -0.3 is 19.5 Å². The third-order valence-electron chi connectivity index (χ3n) is 5.83. The van der Waals surface area contributed by atoms with Crippen molar-refractivity contribution in [2.75, 3.05) is 12.1 Å². The number of carbonyl (C=O) groups excluding carboxylic acids is 1. The zero-order valence-corrected chi connectivity index (χ0v) is 18.2. The van der Waals surface area contributed by atoms with Crippen molar-refractivity contribution in [2.45, 2.75) is 12.0 Å². The number of hydrogen-bond donors (Lipinski definition) is 1. The largest absolute Gasteiger partial charge is 0.469 e. The third-order valence-corrected chi connectivity index (χ3v) is 5.83. The number of nitrogens with one attached hydrogen (secondary N) is 1. The highest BCUT2D eigenvalue weighted by atomic mass is 19.3. The molecule has 0 saturated heterocycles. The predicted molar refractivity (Wildman–Crippen MR) is 120 cm³/mol. The fourth-order valence-electron chi connectivity index (χ4n) is 4.04. The Morgan fingerprint density at radius 2 is 1.64 bits per heavy atom. The molecule has 6 rings (SSSR count). The van der Waals surface area contributed by atoms with Crippen LogP contribution in [-0.2, 0) is 5.92 Å². The van der Waals surface area contributed by atoms with E-state index in [0.29, 0.717) is 28.3 Å². The maximum atomic E-state index is 14.1. The van der Waals surface area contributed by atoms with E-state index in [1.54, 1.807) is 18.2 Å². The Bertz CT molecular complexity index is 1500. The number of carbonyl (C=O) groups is 1. The first-order valence-corrected chi connectivity index (χ1v) is 10.7. The van der Waals surface area contributed by atoms with E-state index in [1.165, 1.54) is 12.3 Å². The standard InChI is InChI=1S/C25H15F4N3O4/c26-24(27)18-11-16(7-9-19(18)36-25(24,28)29)30-23(33)32-12-17(22(31-32)14-4-2-1-3-5-14)15-6-8-20-21(10-15)35-13-34-20/h1-12H,13H2,(H,30,33). The molecule has 2 aliphatic heterocycles. The topological polar surface area (TPSA) is 74.6 Å². The maximum Gasteiger partial charge on any atom is 0.469 e. The van der Waals surface area contributed by atoms with E-state index in [9.17, 15) is 22.4 Å². The van der Waals surface area contributed by atoms with Crippen LogP contribution in [0.5, 0.6) is 17.2 Å². The van der Waals surface area contributed by atoms with Crippen molar-refractivity contribution in [3.05, 3.63) is 78.5 Å². The SMILES string of the molecule is O=C(Nc1ccc2c(c1)C(F)(F)C(F)(F)O2)n1cc(-c2ccc3c(c2)OCO3)c(-c2ccccc2)n1. The molecule has 0 bridgehead atoms. The van der Waals surface area contributed by atoms with Gasteiger partial charge in [-0.05, 0) is 35.9 Å². The molecule has 1 N–H and O–H groups in total. The minimum atomic E-state index is -4.68. The van der Waals surface area contributed by atoms with Crippen LogP contribution in [0.2, 0.25) is 0 Å². The van der Waals surface area contributed by atoms with Gasteiger partial charge in [0, 0.05) is 23.0 Å². The highest BCUT2D eigenvalue weighted by molar-refractivity contribution is 5.93. The molecule has 2 aliphatic rings. The van der Waals surface area contributed by atoms with Crippen LogP contribution in [0, 0.1) is 0 Å². The molecule has 0 aliphatic carbocycles. The zero-order chi connectivity index (χ0) is 25.1. The molecule has 4 aromatic rings. The van der Waals surface area contributed by atoms with Gasteiger partial charge in [0.15, 0.2) is 11.5 Å². The normalized spacial score (nSPS) is 16.3. The summed E-state index contributed by atoms with van der Waals surface area (Å²) in [4.78, 5) is 13.0. The van der Waals surface area contributed by atoms with Crippen molar-refractivity contribution >= 4 is 11.7 Å². The van der Waals surface area contributed by atoms with E-state index in [2.05, 4.69) is 15.2 Å². The van der Waals surface area contributed by atoms with Gasteiger partial charge in [0.25, 0.3) is 0 Å². The van der Waals surface area contributed by atoms with Crippen LogP contribution in [-0.4, -0.2) is 28.7 Å². The van der Waals surface area contributed by atoms with Crippen molar-refractivity contribution in [1.29, 1.82) is 0 Å². The fourth-order valence-corrected chi connectivity index (χ4v) is 4.04. The number of anilines is 1. The van der Waals surface area contributed by atoms with Gasteiger partial charge in [0.2, 0.25) is 6.79 Å². The number of nitrogens with zero attached hydrogens (tertiary/aromatic N) is 2. The lowest BCUT2D eigenvalue weighted by Crippen LogP contribution is -2.37. The Morgan fingerprint density at radius 3 is 2.44 bits per heavy atom. The summed E-state index contributed by atoms with van der Waals surface area (Å²) < 4.78 is 71.1. The minimum absolute atomic E-state index is 0.1000. The van der Waals surface area contributed by atoms with Gasteiger partial charge in [0.05, 0.1) is 5.56 Å². The van der Waals surface area contributed by atoms with Crippen LogP contribution >= 0.6 is 0 Å². The molecule has 1 amide bonds. The second kappa shape index (κ2) is 7.74. The summed E-state index contributed by atoms with van der Waals surface area (Å²) in [7, 11) is 0. The Morgan fingerprint density at radius 1 is 0.889 bits per heavy atom. The van der Waals surface area contributed by atoms with E-state index in [-0.39, 0.29) is 12.5 Å². The minimum Gasteiger partial charge on any atom is -0.454 e. The van der Waals surface area contributed by atoms with Gasteiger partial charge in [-0.25, -0.2) is 4.79 Å². The second-order valence-electron chi connectivity index (χ2n) is 8.10. The molecule has 7 nitrogen and oxygen atoms in total. The number of fused-ring (bicyclic) bond motifs is 2. The smallest absolute Gasteiger partial charge is 0.454 e. The molecule has 0 atom stereocenters. The van der Waals surface area contributed by atoms with Gasteiger partial charge in [-0.2, -0.15) is 27.3 Å². The number of ether oxygens (including phenoxy) is 3. The van der Waals surface area contributed by atoms with Crippen LogP contribution < -0.4 is 19.5 Å². The number of alkyl halides is 4. The summed E-state index contributed by atoms with van der Waals surface area (Å²) in [6.07, 6.45) is -3.20. The van der Waals surface area contributed by atoms with Gasteiger partial charge >= 0.3 is 18.1 Å². The molecule has 0 spiro atoms. The third kappa shape index (κ3) is 3.43. The lowest BCUT2D eigenvalue weighted by molar-refractivity contribution is -0.296. The quantitative estimate of drug-likeness (QED) is 0.346. The van der Waals surface area contributed by atoms with Crippen LogP contribution in [0.3, 0.4) is 0 Å². The molecule has 0 saturated carbocycles. The Hall–Kier alpha value is -4.54. The van der Waals surface area contributed by atoms with E-state index >= 15 is 0 Å². The maximum absolute atomic E-state index is 14.1. The molecule has 11 heteroatoms. The summed E-state index contributed by atoms with van der Waals surface area (Å²) in [6.45, 7) is 0.1000. The lowest BCUT2D eigenvalue weighted by atomic mass is 10.0. The van der Waals surface area contributed by atoms with Gasteiger partial charge in [-0.3, -0.25) is 0 Å². The Balaban J connectivity index is 1.35. The number of aromatic nitrogens is 2.